The first-order valence-electron chi connectivity index (χ1n) is 6.52. The van der Waals surface area contributed by atoms with Crippen molar-refractivity contribution in [2.75, 3.05) is 19.6 Å². The molecule has 0 aromatic carbocycles. The van der Waals surface area contributed by atoms with Crippen molar-refractivity contribution in [3.8, 4) is 0 Å². The Kier molecular flexibility index (Phi) is 3.15. The molecular formula is C13H18N4O. The Labute approximate surface area is 106 Å². The standard InChI is InChI=1S/C13H18N4O/c18-13(12-2-1-6-14-12)17-8-4-10(5-9-17)11-3-7-15-16-11/h1-3,7,10,12,14H,4-6,8-9H2,(H,15,16)/t12-/m0/s1. The lowest BCUT2D eigenvalue weighted by atomic mass is 9.93. The maximum Gasteiger partial charge on any atom is 0.243 e. The highest BCUT2D eigenvalue weighted by atomic mass is 16.2. The highest BCUT2D eigenvalue weighted by Gasteiger charge is 2.28. The van der Waals surface area contributed by atoms with Crippen molar-refractivity contribution in [3.05, 3.63) is 30.1 Å². The molecule has 3 heterocycles. The van der Waals surface area contributed by atoms with E-state index in [2.05, 4.69) is 15.5 Å². The van der Waals surface area contributed by atoms with Crippen LogP contribution < -0.4 is 5.32 Å². The average molecular weight is 246 g/mol. The minimum atomic E-state index is -0.103. The molecule has 5 nitrogen and oxygen atoms in total. The minimum Gasteiger partial charge on any atom is -0.341 e. The Morgan fingerprint density at radius 1 is 1.39 bits per heavy atom. The van der Waals surface area contributed by atoms with Crippen LogP contribution in [0, 0.1) is 0 Å². The molecule has 1 aromatic heterocycles. The maximum absolute atomic E-state index is 12.2. The smallest absolute Gasteiger partial charge is 0.243 e. The van der Waals surface area contributed by atoms with Gasteiger partial charge in [-0.25, -0.2) is 0 Å². The summed E-state index contributed by atoms with van der Waals surface area (Å²) in [5.74, 6) is 0.732. The van der Waals surface area contributed by atoms with Crippen LogP contribution in [-0.4, -0.2) is 46.7 Å². The van der Waals surface area contributed by atoms with Crippen LogP contribution in [0.1, 0.15) is 24.5 Å². The van der Waals surface area contributed by atoms with E-state index in [4.69, 9.17) is 0 Å². The number of H-pyrrole nitrogens is 1. The SMILES string of the molecule is O=C([C@@H]1C=CCN1)N1CCC(c2ccn[nH]2)CC1. The predicted molar refractivity (Wildman–Crippen MR) is 68.1 cm³/mol. The molecule has 0 spiro atoms. The van der Waals surface area contributed by atoms with Gasteiger partial charge in [0, 0.05) is 37.4 Å². The number of hydrogen-bond acceptors (Lipinski definition) is 3. The number of piperidine rings is 1. The molecule has 2 aliphatic rings. The summed E-state index contributed by atoms with van der Waals surface area (Å²) in [5.41, 5.74) is 1.20. The van der Waals surface area contributed by atoms with Crippen LogP contribution in [0.15, 0.2) is 24.4 Å². The molecule has 1 saturated heterocycles. The van der Waals surface area contributed by atoms with Crippen molar-refractivity contribution in [1.82, 2.24) is 20.4 Å². The van der Waals surface area contributed by atoms with E-state index in [1.54, 1.807) is 6.20 Å². The van der Waals surface area contributed by atoms with Gasteiger partial charge in [-0.3, -0.25) is 15.2 Å². The maximum atomic E-state index is 12.2. The molecule has 0 saturated carbocycles. The zero-order valence-electron chi connectivity index (χ0n) is 10.3. The Morgan fingerprint density at radius 3 is 2.83 bits per heavy atom. The summed E-state index contributed by atoms with van der Waals surface area (Å²) in [6.07, 6.45) is 7.80. The third-order valence-corrected chi connectivity index (χ3v) is 3.82. The molecule has 0 aliphatic carbocycles. The van der Waals surface area contributed by atoms with Crippen molar-refractivity contribution in [1.29, 1.82) is 0 Å². The van der Waals surface area contributed by atoms with Gasteiger partial charge in [0.05, 0.1) is 0 Å². The van der Waals surface area contributed by atoms with E-state index in [9.17, 15) is 4.79 Å². The van der Waals surface area contributed by atoms with Crippen molar-refractivity contribution < 1.29 is 4.79 Å². The first-order valence-corrected chi connectivity index (χ1v) is 6.52. The highest BCUT2D eigenvalue weighted by Crippen LogP contribution is 2.26. The summed E-state index contributed by atoms with van der Waals surface area (Å²) in [4.78, 5) is 14.2. The Balaban J connectivity index is 1.56. The molecule has 2 N–H and O–H groups in total. The second kappa shape index (κ2) is 4.94. The summed E-state index contributed by atoms with van der Waals surface area (Å²) < 4.78 is 0. The number of carbonyl (C=O) groups is 1. The van der Waals surface area contributed by atoms with Crippen LogP contribution >= 0.6 is 0 Å². The topological polar surface area (TPSA) is 61.0 Å². The molecule has 0 unspecified atom stereocenters. The summed E-state index contributed by atoms with van der Waals surface area (Å²) in [5, 5.41) is 10.2. The van der Waals surface area contributed by atoms with Crippen LogP contribution in [0.3, 0.4) is 0 Å². The molecule has 3 rings (SSSR count). The number of rotatable bonds is 2. The number of carbonyl (C=O) groups excluding carboxylic acids is 1. The zero-order chi connectivity index (χ0) is 12.4. The molecule has 2 aliphatic heterocycles. The minimum absolute atomic E-state index is 0.103. The van der Waals surface area contributed by atoms with Gasteiger partial charge in [0.15, 0.2) is 0 Å². The molecule has 5 heteroatoms. The van der Waals surface area contributed by atoms with Gasteiger partial charge in [-0.2, -0.15) is 5.10 Å². The Bertz CT molecular complexity index is 432. The zero-order valence-corrected chi connectivity index (χ0v) is 10.3. The van der Waals surface area contributed by atoms with Crippen molar-refractivity contribution in [3.63, 3.8) is 0 Å². The van der Waals surface area contributed by atoms with Gasteiger partial charge in [-0.15, -0.1) is 0 Å². The average Bonchev–Trinajstić information content (AvgIpc) is 3.11. The first kappa shape index (κ1) is 11.5. The first-order chi connectivity index (χ1) is 8.84. The third-order valence-electron chi connectivity index (χ3n) is 3.82. The number of likely N-dealkylation sites (tertiary alicyclic amines) is 1. The molecule has 0 bridgehead atoms. The van der Waals surface area contributed by atoms with Crippen LogP contribution in [0.5, 0.6) is 0 Å². The monoisotopic (exact) mass is 246 g/mol. The number of nitrogens with zero attached hydrogens (tertiary/aromatic N) is 2. The van der Waals surface area contributed by atoms with Gasteiger partial charge in [0.25, 0.3) is 0 Å². The van der Waals surface area contributed by atoms with Crippen LogP contribution in [0.2, 0.25) is 0 Å². The summed E-state index contributed by atoms with van der Waals surface area (Å²) in [7, 11) is 0. The van der Waals surface area contributed by atoms with Gasteiger partial charge in [-0.05, 0) is 18.9 Å². The Hall–Kier alpha value is -1.62. The molecule has 1 atom stereocenters. The molecule has 1 fully saturated rings. The van der Waals surface area contributed by atoms with E-state index in [1.165, 1.54) is 5.69 Å². The van der Waals surface area contributed by atoms with E-state index < -0.39 is 0 Å². The van der Waals surface area contributed by atoms with Gasteiger partial charge >= 0.3 is 0 Å². The van der Waals surface area contributed by atoms with Gasteiger partial charge in [0.2, 0.25) is 5.91 Å². The lowest BCUT2D eigenvalue weighted by molar-refractivity contribution is -0.133. The van der Waals surface area contributed by atoms with Gasteiger partial charge in [0.1, 0.15) is 6.04 Å². The fourth-order valence-corrected chi connectivity index (χ4v) is 2.74. The normalized spacial score (nSPS) is 24.7. The number of hydrogen-bond donors (Lipinski definition) is 2. The number of nitrogens with one attached hydrogen (secondary N) is 2. The number of aromatic nitrogens is 2. The second-order valence-corrected chi connectivity index (χ2v) is 4.93. The fraction of sp³-hybridized carbons (Fsp3) is 0.538. The van der Waals surface area contributed by atoms with E-state index >= 15 is 0 Å². The van der Waals surface area contributed by atoms with Gasteiger partial charge in [-0.1, -0.05) is 12.2 Å². The van der Waals surface area contributed by atoms with Crippen LogP contribution in [0.25, 0.3) is 0 Å². The predicted octanol–water partition coefficient (Wildman–Crippen LogP) is 0.644. The fourth-order valence-electron chi connectivity index (χ4n) is 2.74. The number of aromatic amines is 1. The summed E-state index contributed by atoms with van der Waals surface area (Å²) >= 11 is 0. The van der Waals surface area contributed by atoms with E-state index in [0.717, 1.165) is 32.5 Å². The third kappa shape index (κ3) is 2.18. The number of amides is 1. The largest absolute Gasteiger partial charge is 0.341 e. The van der Waals surface area contributed by atoms with Crippen LogP contribution in [-0.2, 0) is 4.79 Å². The molecule has 1 amide bonds. The van der Waals surface area contributed by atoms with Crippen LogP contribution in [0.4, 0.5) is 0 Å². The molecule has 0 radical (unpaired) electrons. The van der Waals surface area contributed by atoms with Crippen molar-refractivity contribution >= 4 is 5.91 Å². The summed E-state index contributed by atoms with van der Waals surface area (Å²) in [6, 6.07) is 1.93. The second-order valence-electron chi connectivity index (χ2n) is 4.93. The lowest BCUT2D eigenvalue weighted by Gasteiger charge is -2.32. The lowest BCUT2D eigenvalue weighted by Crippen LogP contribution is -2.46. The summed E-state index contributed by atoms with van der Waals surface area (Å²) in [6.45, 7) is 2.49. The molecular weight excluding hydrogens is 228 g/mol. The van der Waals surface area contributed by atoms with Crippen molar-refractivity contribution in [2.24, 2.45) is 0 Å². The van der Waals surface area contributed by atoms with E-state index in [0.29, 0.717) is 5.92 Å². The Morgan fingerprint density at radius 2 is 2.22 bits per heavy atom. The van der Waals surface area contributed by atoms with Crippen molar-refractivity contribution in [2.45, 2.75) is 24.8 Å². The van der Waals surface area contributed by atoms with E-state index in [1.807, 2.05) is 23.1 Å². The quantitative estimate of drug-likeness (QED) is 0.753. The van der Waals surface area contributed by atoms with Gasteiger partial charge < -0.3 is 4.90 Å². The molecule has 96 valence electrons. The highest BCUT2D eigenvalue weighted by molar-refractivity contribution is 5.84. The molecule has 18 heavy (non-hydrogen) atoms. The molecule has 1 aromatic rings. The van der Waals surface area contributed by atoms with E-state index in [-0.39, 0.29) is 11.9 Å².